The smallest absolute Gasteiger partial charge is 0.241 e. The molecule has 1 fully saturated rings. The lowest BCUT2D eigenvalue weighted by molar-refractivity contribution is -0.120. The average molecular weight is 308 g/mol. The molecule has 1 aliphatic heterocycles. The summed E-state index contributed by atoms with van der Waals surface area (Å²) in [4.78, 5) is 17.1. The van der Waals surface area contributed by atoms with E-state index in [0.717, 1.165) is 24.3 Å². The van der Waals surface area contributed by atoms with E-state index in [1.165, 1.54) is 19.3 Å². The van der Waals surface area contributed by atoms with Crippen molar-refractivity contribution in [2.24, 2.45) is 0 Å². The molecule has 0 N–H and O–H groups in total. The third-order valence-corrected chi connectivity index (χ3v) is 4.36. The summed E-state index contributed by atoms with van der Waals surface area (Å²) in [6.45, 7) is 3.22. The van der Waals surface area contributed by atoms with Crippen LogP contribution in [-0.4, -0.2) is 30.4 Å². The summed E-state index contributed by atoms with van der Waals surface area (Å²) < 4.78 is 0. The number of rotatable bonds is 5. The van der Waals surface area contributed by atoms with Crippen molar-refractivity contribution in [1.82, 2.24) is 4.90 Å². The van der Waals surface area contributed by atoms with Gasteiger partial charge in [-0.05, 0) is 43.6 Å². The molecule has 23 heavy (non-hydrogen) atoms. The molecule has 1 saturated heterocycles. The minimum atomic E-state index is 0.182. The van der Waals surface area contributed by atoms with Gasteiger partial charge in [0.1, 0.15) is 0 Å². The van der Waals surface area contributed by atoms with Gasteiger partial charge in [-0.15, -0.1) is 0 Å². The second-order valence-electron chi connectivity index (χ2n) is 6.14. The summed E-state index contributed by atoms with van der Waals surface area (Å²) >= 11 is 0. The van der Waals surface area contributed by atoms with Crippen LogP contribution in [0.15, 0.2) is 60.7 Å². The highest BCUT2D eigenvalue weighted by Gasteiger charge is 2.20. The number of carbonyl (C=O) groups is 1. The summed E-state index contributed by atoms with van der Waals surface area (Å²) in [5.41, 5.74) is 2.13. The van der Waals surface area contributed by atoms with Gasteiger partial charge >= 0.3 is 0 Å². The molecule has 1 heterocycles. The van der Waals surface area contributed by atoms with E-state index in [4.69, 9.17) is 0 Å². The van der Waals surface area contributed by atoms with E-state index in [1.54, 1.807) is 0 Å². The quantitative estimate of drug-likeness (QED) is 0.841. The molecule has 0 bridgehead atoms. The summed E-state index contributed by atoms with van der Waals surface area (Å²) in [6, 6.07) is 20.2. The van der Waals surface area contributed by atoms with Crippen molar-refractivity contribution >= 4 is 11.6 Å². The Morgan fingerprint density at radius 1 is 0.870 bits per heavy atom. The molecule has 2 aromatic carbocycles. The standard InChI is InChI=1S/C20H24N2O/c23-20(17-21-14-8-3-9-15-21)22(19-12-6-2-7-13-19)16-18-10-4-1-5-11-18/h1-2,4-7,10-13H,3,8-9,14-17H2. The largest absolute Gasteiger partial charge is 0.307 e. The molecule has 2 aromatic rings. The van der Waals surface area contributed by atoms with E-state index in [1.807, 2.05) is 53.4 Å². The van der Waals surface area contributed by atoms with Crippen molar-refractivity contribution in [3.63, 3.8) is 0 Å². The molecular weight excluding hydrogens is 284 g/mol. The molecule has 0 atom stereocenters. The molecule has 0 aromatic heterocycles. The minimum absolute atomic E-state index is 0.182. The Bertz CT molecular complexity index is 606. The van der Waals surface area contributed by atoms with Crippen LogP contribution in [0.1, 0.15) is 24.8 Å². The number of amides is 1. The van der Waals surface area contributed by atoms with E-state index < -0.39 is 0 Å². The topological polar surface area (TPSA) is 23.6 Å². The highest BCUT2D eigenvalue weighted by molar-refractivity contribution is 5.94. The van der Waals surface area contributed by atoms with Crippen LogP contribution in [0.5, 0.6) is 0 Å². The third kappa shape index (κ3) is 4.42. The van der Waals surface area contributed by atoms with Gasteiger partial charge in [-0.25, -0.2) is 0 Å². The van der Waals surface area contributed by atoms with Gasteiger partial charge in [0.05, 0.1) is 13.1 Å². The number of carbonyl (C=O) groups excluding carboxylic acids is 1. The molecule has 1 amide bonds. The van der Waals surface area contributed by atoms with Gasteiger partial charge in [0, 0.05) is 5.69 Å². The molecule has 120 valence electrons. The number of nitrogens with zero attached hydrogens (tertiary/aromatic N) is 2. The van der Waals surface area contributed by atoms with Crippen LogP contribution in [0, 0.1) is 0 Å². The highest BCUT2D eigenvalue weighted by Crippen LogP contribution is 2.18. The molecular formula is C20H24N2O. The Labute approximate surface area is 138 Å². The van der Waals surface area contributed by atoms with E-state index >= 15 is 0 Å². The molecule has 3 nitrogen and oxygen atoms in total. The normalized spacial score (nSPS) is 15.3. The second-order valence-corrected chi connectivity index (χ2v) is 6.14. The van der Waals surface area contributed by atoms with Gasteiger partial charge < -0.3 is 4.90 Å². The van der Waals surface area contributed by atoms with Crippen molar-refractivity contribution in [1.29, 1.82) is 0 Å². The number of hydrogen-bond donors (Lipinski definition) is 0. The lowest BCUT2D eigenvalue weighted by atomic mass is 10.1. The first kappa shape index (κ1) is 15.8. The number of para-hydroxylation sites is 1. The number of hydrogen-bond acceptors (Lipinski definition) is 2. The van der Waals surface area contributed by atoms with Crippen LogP contribution < -0.4 is 4.90 Å². The summed E-state index contributed by atoms with van der Waals surface area (Å²) in [7, 11) is 0. The fourth-order valence-corrected chi connectivity index (χ4v) is 3.09. The number of anilines is 1. The predicted octanol–water partition coefficient (Wildman–Crippen LogP) is 3.71. The van der Waals surface area contributed by atoms with E-state index in [2.05, 4.69) is 17.0 Å². The fourth-order valence-electron chi connectivity index (χ4n) is 3.09. The van der Waals surface area contributed by atoms with Crippen molar-refractivity contribution in [3.05, 3.63) is 66.2 Å². The van der Waals surface area contributed by atoms with Gasteiger partial charge in [0.2, 0.25) is 5.91 Å². The lowest BCUT2D eigenvalue weighted by Crippen LogP contribution is -2.42. The highest BCUT2D eigenvalue weighted by atomic mass is 16.2. The molecule has 0 saturated carbocycles. The van der Waals surface area contributed by atoms with E-state index in [0.29, 0.717) is 13.1 Å². The maximum absolute atomic E-state index is 12.9. The van der Waals surface area contributed by atoms with Gasteiger partial charge in [-0.2, -0.15) is 0 Å². The maximum atomic E-state index is 12.9. The Morgan fingerprint density at radius 3 is 2.13 bits per heavy atom. The summed E-state index contributed by atoms with van der Waals surface area (Å²) in [5, 5.41) is 0. The molecule has 3 heteroatoms. The monoisotopic (exact) mass is 308 g/mol. The lowest BCUT2D eigenvalue weighted by Gasteiger charge is -2.29. The van der Waals surface area contributed by atoms with E-state index in [9.17, 15) is 4.79 Å². The van der Waals surface area contributed by atoms with Crippen molar-refractivity contribution in [2.45, 2.75) is 25.8 Å². The number of piperidine rings is 1. The van der Waals surface area contributed by atoms with Crippen LogP contribution in [0.25, 0.3) is 0 Å². The molecule has 0 unspecified atom stereocenters. The summed E-state index contributed by atoms with van der Waals surface area (Å²) in [5.74, 6) is 0.182. The van der Waals surface area contributed by atoms with Gasteiger partial charge in [-0.3, -0.25) is 9.69 Å². The first-order chi connectivity index (χ1) is 11.3. The van der Waals surface area contributed by atoms with Crippen LogP contribution in [0.2, 0.25) is 0 Å². The van der Waals surface area contributed by atoms with Crippen LogP contribution >= 0.6 is 0 Å². The Hall–Kier alpha value is -2.13. The van der Waals surface area contributed by atoms with Crippen LogP contribution in [0.3, 0.4) is 0 Å². The third-order valence-electron chi connectivity index (χ3n) is 4.36. The zero-order valence-corrected chi connectivity index (χ0v) is 13.5. The van der Waals surface area contributed by atoms with Crippen LogP contribution in [-0.2, 0) is 11.3 Å². The van der Waals surface area contributed by atoms with Gasteiger partial charge in [0.25, 0.3) is 0 Å². The minimum Gasteiger partial charge on any atom is -0.307 e. The summed E-state index contributed by atoms with van der Waals surface area (Å²) in [6.07, 6.45) is 3.70. The molecule has 0 spiro atoms. The predicted molar refractivity (Wildman–Crippen MR) is 94.4 cm³/mol. The number of likely N-dealkylation sites (tertiary alicyclic amines) is 1. The van der Waals surface area contributed by atoms with Crippen molar-refractivity contribution in [2.75, 3.05) is 24.5 Å². The fraction of sp³-hybridized carbons (Fsp3) is 0.350. The first-order valence-corrected chi connectivity index (χ1v) is 8.44. The number of benzene rings is 2. The Kier molecular flexibility index (Phi) is 5.43. The Balaban J connectivity index is 1.75. The molecule has 1 aliphatic rings. The average Bonchev–Trinajstić information content (AvgIpc) is 2.62. The van der Waals surface area contributed by atoms with Crippen LogP contribution in [0.4, 0.5) is 5.69 Å². The maximum Gasteiger partial charge on any atom is 0.241 e. The molecule has 0 aliphatic carbocycles. The molecule has 3 rings (SSSR count). The first-order valence-electron chi connectivity index (χ1n) is 8.44. The van der Waals surface area contributed by atoms with Crippen molar-refractivity contribution < 1.29 is 4.79 Å². The van der Waals surface area contributed by atoms with E-state index in [-0.39, 0.29) is 5.91 Å². The van der Waals surface area contributed by atoms with Crippen molar-refractivity contribution in [3.8, 4) is 0 Å². The van der Waals surface area contributed by atoms with Gasteiger partial charge in [0.15, 0.2) is 0 Å². The SMILES string of the molecule is O=C(CN1CCCCC1)N(Cc1ccccc1)c1ccccc1. The van der Waals surface area contributed by atoms with Gasteiger partial charge in [-0.1, -0.05) is 55.0 Å². The molecule has 0 radical (unpaired) electrons. The second kappa shape index (κ2) is 7.93. The zero-order chi connectivity index (χ0) is 15.9. The Morgan fingerprint density at radius 2 is 1.48 bits per heavy atom. The zero-order valence-electron chi connectivity index (χ0n) is 13.5.